The third kappa shape index (κ3) is 2.95. The van der Waals surface area contributed by atoms with E-state index in [0.717, 1.165) is 17.5 Å². The molecule has 0 radical (unpaired) electrons. The molecule has 3 aromatic rings. The van der Waals surface area contributed by atoms with Crippen molar-refractivity contribution in [3.05, 3.63) is 60.2 Å². The van der Waals surface area contributed by atoms with Crippen LogP contribution >= 0.6 is 0 Å². The van der Waals surface area contributed by atoms with Gasteiger partial charge in [0.2, 0.25) is 5.89 Å². The van der Waals surface area contributed by atoms with Crippen LogP contribution in [0.15, 0.2) is 53.4 Å². The third-order valence-corrected chi connectivity index (χ3v) is 4.18. The SMILES string of the molecule is Cn1cc(C2CC2C(=O)OCc2coc(-c3ccccc3)n2)cn1. The minimum atomic E-state index is -0.187. The van der Waals surface area contributed by atoms with E-state index in [1.165, 1.54) is 6.26 Å². The Morgan fingerprint density at radius 2 is 2.21 bits per heavy atom. The molecule has 122 valence electrons. The molecule has 1 aliphatic rings. The molecule has 2 unspecified atom stereocenters. The second-order valence-electron chi connectivity index (χ2n) is 6.01. The zero-order valence-corrected chi connectivity index (χ0v) is 13.3. The quantitative estimate of drug-likeness (QED) is 0.675. The first kappa shape index (κ1) is 14.7. The van der Waals surface area contributed by atoms with Crippen LogP contribution in [0.5, 0.6) is 0 Å². The van der Waals surface area contributed by atoms with Crippen molar-refractivity contribution in [1.82, 2.24) is 14.8 Å². The summed E-state index contributed by atoms with van der Waals surface area (Å²) in [5, 5.41) is 4.14. The fourth-order valence-electron chi connectivity index (χ4n) is 2.79. The Labute approximate surface area is 139 Å². The molecular weight excluding hydrogens is 306 g/mol. The zero-order chi connectivity index (χ0) is 16.5. The normalized spacial score (nSPS) is 19.2. The Bertz CT molecular complexity index is 853. The largest absolute Gasteiger partial charge is 0.459 e. The average Bonchev–Trinajstić information content (AvgIpc) is 3.05. The van der Waals surface area contributed by atoms with E-state index in [2.05, 4.69) is 10.1 Å². The Morgan fingerprint density at radius 3 is 2.96 bits per heavy atom. The highest BCUT2D eigenvalue weighted by Gasteiger charge is 2.45. The fourth-order valence-corrected chi connectivity index (χ4v) is 2.79. The molecule has 2 atom stereocenters. The van der Waals surface area contributed by atoms with Crippen molar-refractivity contribution in [3.8, 4) is 11.5 Å². The number of hydrogen-bond donors (Lipinski definition) is 0. The van der Waals surface area contributed by atoms with E-state index in [0.29, 0.717) is 11.6 Å². The van der Waals surface area contributed by atoms with E-state index in [4.69, 9.17) is 9.15 Å². The molecule has 1 fully saturated rings. The lowest BCUT2D eigenvalue weighted by Crippen LogP contribution is -2.08. The fraction of sp³-hybridized carbons (Fsp3) is 0.278. The number of hydrogen-bond acceptors (Lipinski definition) is 5. The van der Waals surface area contributed by atoms with Gasteiger partial charge in [-0.3, -0.25) is 9.48 Å². The van der Waals surface area contributed by atoms with Crippen molar-refractivity contribution >= 4 is 5.97 Å². The number of carbonyl (C=O) groups excluding carboxylic acids is 1. The Balaban J connectivity index is 1.33. The van der Waals surface area contributed by atoms with Gasteiger partial charge in [0, 0.05) is 24.7 Å². The molecule has 0 saturated heterocycles. The van der Waals surface area contributed by atoms with Gasteiger partial charge in [0.1, 0.15) is 18.6 Å². The van der Waals surface area contributed by atoms with E-state index in [1.54, 1.807) is 4.68 Å². The maximum atomic E-state index is 12.1. The van der Waals surface area contributed by atoms with Crippen LogP contribution in [0.1, 0.15) is 23.6 Å². The van der Waals surface area contributed by atoms with Crippen LogP contribution in [0.2, 0.25) is 0 Å². The Kier molecular flexibility index (Phi) is 3.65. The van der Waals surface area contributed by atoms with E-state index in [1.807, 2.05) is 49.8 Å². The van der Waals surface area contributed by atoms with Crippen LogP contribution in [0, 0.1) is 5.92 Å². The summed E-state index contributed by atoms with van der Waals surface area (Å²) < 4.78 is 12.6. The molecule has 1 saturated carbocycles. The Hall–Kier alpha value is -2.89. The van der Waals surface area contributed by atoms with Crippen molar-refractivity contribution in [1.29, 1.82) is 0 Å². The first-order chi connectivity index (χ1) is 11.7. The molecule has 24 heavy (non-hydrogen) atoms. The average molecular weight is 323 g/mol. The van der Waals surface area contributed by atoms with E-state index >= 15 is 0 Å². The molecule has 1 aromatic carbocycles. The van der Waals surface area contributed by atoms with Crippen molar-refractivity contribution in [2.75, 3.05) is 0 Å². The summed E-state index contributed by atoms with van der Waals surface area (Å²) in [7, 11) is 1.87. The molecule has 0 spiro atoms. The molecular formula is C18H17N3O3. The maximum absolute atomic E-state index is 12.1. The second kappa shape index (κ2) is 5.96. The van der Waals surface area contributed by atoms with Crippen LogP contribution in [-0.4, -0.2) is 20.7 Å². The number of carbonyl (C=O) groups is 1. The van der Waals surface area contributed by atoms with E-state index in [9.17, 15) is 4.79 Å². The van der Waals surface area contributed by atoms with Crippen molar-refractivity contribution in [2.24, 2.45) is 13.0 Å². The lowest BCUT2D eigenvalue weighted by molar-refractivity contribution is -0.146. The number of rotatable bonds is 5. The monoisotopic (exact) mass is 323 g/mol. The highest BCUT2D eigenvalue weighted by Crippen LogP contribution is 2.48. The van der Waals surface area contributed by atoms with Gasteiger partial charge in [-0.05, 0) is 24.1 Å². The van der Waals surface area contributed by atoms with Gasteiger partial charge in [-0.25, -0.2) is 4.98 Å². The van der Waals surface area contributed by atoms with Gasteiger partial charge >= 0.3 is 5.97 Å². The summed E-state index contributed by atoms with van der Waals surface area (Å²) in [6, 6.07) is 9.62. The van der Waals surface area contributed by atoms with Crippen molar-refractivity contribution in [3.63, 3.8) is 0 Å². The van der Waals surface area contributed by atoms with Crippen LogP contribution in [0.4, 0.5) is 0 Å². The van der Waals surface area contributed by atoms with Gasteiger partial charge in [0.05, 0.1) is 12.1 Å². The predicted molar refractivity (Wildman–Crippen MR) is 85.8 cm³/mol. The summed E-state index contributed by atoms with van der Waals surface area (Å²) in [5.74, 6) is 0.493. The highest BCUT2D eigenvalue weighted by atomic mass is 16.5. The van der Waals surface area contributed by atoms with E-state index < -0.39 is 0 Å². The summed E-state index contributed by atoms with van der Waals surface area (Å²) in [6.45, 7) is 0.130. The summed E-state index contributed by atoms with van der Waals surface area (Å²) in [5.41, 5.74) is 2.60. The second-order valence-corrected chi connectivity index (χ2v) is 6.01. The number of esters is 1. The summed E-state index contributed by atoms with van der Waals surface area (Å²) >= 11 is 0. The van der Waals surface area contributed by atoms with Gasteiger partial charge in [0.25, 0.3) is 0 Å². The van der Waals surface area contributed by atoms with Gasteiger partial charge < -0.3 is 9.15 Å². The standard InChI is InChI=1S/C18H17N3O3/c1-21-9-13(8-19-21)15-7-16(15)18(22)24-11-14-10-23-17(20-14)12-5-3-2-4-6-12/h2-6,8-10,15-16H,7,11H2,1H3. The maximum Gasteiger partial charge on any atom is 0.309 e. The smallest absolute Gasteiger partial charge is 0.309 e. The first-order valence-electron chi connectivity index (χ1n) is 7.86. The highest BCUT2D eigenvalue weighted by molar-refractivity contribution is 5.77. The third-order valence-electron chi connectivity index (χ3n) is 4.18. The van der Waals surface area contributed by atoms with Crippen LogP contribution in [0.25, 0.3) is 11.5 Å². The van der Waals surface area contributed by atoms with Gasteiger partial charge in [-0.1, -0.05) is 18.2 Å². The molecule has 1 aliphatic carbocycles. The lowest BCUT2D eigenvalue weighted by Gasteiger charge is -2.01. The predicted octanol–water partition coefficient (Wildman–Crippen LogP) is 2.92. The van der Waals surface area contributed by atoms with Gasteiger partial charge in [0.15, 0.2) is 0 Å². The molecule has 2 heterocycles. The minimum Gasteiger partial charge on any atom is -0.459 e. The lowest BCUT2D eigenvalue weighted by atomic mass is 10.2. The number of benzene rings is 1. The van der Waals surface area contributed by atoms with Crippen LogP contribution in [-0.2, 0) is 23.2 Å². The Morgan fingerprint density at radius 1 is 1.38 bits per heavy atom. The molecule has 0 aliphatic heterocycles. The topological polar surface area (TPSA) is 70.2 Å². The number of ether oxygens (including phenoxy) is 1. The molecule has 4 rings (SSSR count). The zero-order valence-electron chi connectivity index (χ0n) is 13.3. The van der Waals surface area contributed by atoms with Gasteiger partial charge in [-0.2, -0.15) is 5.10 Å². The number of oxazole rings is 1. The summed E-state index contributed by atoms with van der Waals surface area (Å²) in [6.07, 6.45) is 6.10. The summed E-state index contributed by atoms with van der Waals surface area (Å²) in [4.78, 5) is 16.5. The van der Waals surface area contributed by atoms with E-state index in [-0.39, 0.29) is 24.4 Å². The van der Waals surface area contributed by atoms with Crippen LogP contribution < -0.4 is 0 Å². The molecule has 0 amide bonds. The molecule has 0 bridgehead atoms. The molecule has 6 nitrogen and oxygen atoms in total. The number of aromatic nitrogens is 3. The molecule has 6 heteroatoms. The number of nitrogens with zero attached hydrogens (tertiary/aromatic N) is 3. The van der Waals surface area contributed by atoms with Gasteiger partial charge in [-0.15, -0.1) is 0 Å². The number of aryl methyl sites for hydroxylation is 1. The van der Waals surface area contributed by atoms with Crippen molar-refractivity contribution < 1.29 is 13.9 Å². The minimum absolute atomic E-state index is 0.0744. The van der Waals surface area contributed by atoms with Crippen molar-refractivity contribution in [2.45, 2.75) is 18.9 Å². The molecule has 0 N–H and O–H groups in total. The first-order valence-corrected chi connectivity index (χ1v) is 7.86. The van der Waals surface area contributed by atoms with Crippen LogP contribution in [0.3, 0.4) is 0 Å². The molecule has 2 aromatic heterocycles.